The minimum absolute atomic E-state index is 0.0157. The molecule has 1 aromatic carbocycles. The minimum Gasteiger partial charge on any atom is -0.330 e. The maximum Gasteiger partial charge on any atom is 0.271 e. The van der Waals surface area contributed by atoms with Crippen molar-refractivity contribution < 1.29 is 4.79 Å². The molecule has 1 atom stereocenters. The molecule has 1 aliphatic rings. The Labute approximate surface area is 186 Å². The molecule has 1 aliphatic carbocycles. The zero-order valence-electron chi connectivity index (χ0n) is 18.2. The van der Waals surface area contributed by atoms with E-state index in [2.05, 4.69) is 0 Å². The van der Waals surface area contributed by atoms with Crippen LogP contribution in [0.5, 0.6) is 0 Å². The largest absolute Gasteiger partial charge is 0.330 e. The summed E-state index contributed by atoms with van der Waals surface area (Å²) in [6, 6.07) is 9.25. The third-order valence-corrected chi connectivity index (χ3v) is 6.85. The fourth-order valence-corrected chi connectivity index (χ4v) is 4.79. The van der Waals surface area contributed by atoms with Gasteiger partial charge in [0.1, 0.15) is 10.5 Å². The summed E-state index contributed by atoms with van der Waals surface area (Å²) in [6.07, 6.45) is 3.66. The van der Waals surface area contributed by atoms with Crippen molar-refractivity contribution in [3.05, 3.63) is 63.0 Å². The highest BCUT2D eigenvalue weighted by atomic mass is 32.1. The van der Waals surface area contributed by atoms with Gasteiger partial charge >= 0.3 is 0 Å². The van der Waals surface area contributed by atoms with Gasteiger partial charge in [-0.2, -0.15) is 0 Å². The Morgan fingerprint density at radius 3 is 2.68 bits per heavy atom. The van der Waals surface area contributed by atoms with Gasteiger partial charge in [0.15, 0.2) is 0 Å². The maximum absolute atomic E-state index is 13.6. The highest BCUT2D eigenvalue weighted by molar-refractivity contribution is 7.17. The molecule has 2 aromatic heterocycles. The van der Waals surface area contributed by atoms with E-state index in [1.54, 1.807) is 0 Å². The number of thiophene rings is 1. The normalized spacial score (nSPS) is 14.7. The molecule has 1 amide bonds. The SMILES string of the molecule is CCC(c1nc2ccsc2c(=O)n1CC1CC1)N(CCCN)C(=O)c1ccc(C)cc1. The van der Waals surface area contributed by atoms with Gasteiger partial charge in [0, 0.05) is 18.7 Å². The highest BCUT2D eigenvalue weighted by Crippen LogP contribution is 2.33. The number of hydrogen-bond donors (Lipinski definition) is 1. The van der Waals surface area contributed by atoms with Gasteiger partial charge in [-0.3, -0.25) is 14.2 Å². The van der Waals surface area contributed by atoms with Crippen molar-refractivity contribution in [2.45, 2.75) is 52.1 Å². The third-order valence-electron chi connectivity index (χ3n) is 5.96. The zero-order chi connectivity index (χ0) is 22.0. The van der Waals surface area contributed by atoms with E-state index in [1.165, 1.54) is 11.3 Å². The molecular formula is C24H30N4O2S. The third kappa shape index (κ3) is 4.57. The summed E-state index contributed by atoms with van der Waals surface area (Å²) in [6.45, 7) is 5.76. The van der Waals surface area contributed by atoms with Crippen LogP contribution < -0.4 is 11.3 Å². The molecule has 0 aliphatic heterocycles. The number of aryl methyl sites for hydroxylation is 1. The van der Waals surface area contributed by atoms with Gasteiger partial charge in [-0.1, -0.05) is 24.6 Å². The second-order valence-electron chi connectivity index (χ2n) is 8.39. The lowest BCUT2D eigenvalue weighted by molar-refractivity contribution is 0.0655. The van der Waals surface area contributed by atoms with E-state index in [4.69, 9.17) is 10.7 Å². The number of benzene rings is 1. The Morgan fingerprint density at radius 1 is 1.29 bits per heavy atom. The van der Waals surface area contributed by atoms with Crippen LogP contribution in [0.15, 0.2) is 40.5 Å². The Morgan fingerprint density at radius 2 is 2.03 bits per heavy atom. The van der Waals surface area contributed by atoms with Gasteiger partial charge < -0.3 is 10.6 Å². The lowest BCUT2D eigenvalue weighted by Gasteiger charge is -2.32. The van der Waals surface area contributed by atoms with E-state index >= 15 is 0 Å². The van der Waals surface area contributed by atoms with Crippen LogP contribution in [0, 0.1) is 12.8 Å². The molecule has 3 aromatic rings. The summed E-state index contributed by atoms with van der Waals surface area (Å²) in [5.41, 5.74) is 8.29. The van der Waals surface area contributed by atoms with Crippen LogP contribution in [-0.4, -0.2) is 33.4 Å². The number of nitrogens with zero attached hydrogens (tertiary/aromatic N) is 3. The van der Waals surface area contributed by atoms with Crippen molar-refractivity contribution in [2.24, 2.45) is 11.7 Å². The van der Waals surface area contributed by atoms with Gasteiger partial charge in [-0.25, -0.2) is 4.98 Å². The van der Waals surface area contributed by atoms with Crippen molar-refractivity contribution in [1.82, 2.24) is 14.5 Å². The first kappa shape index (κ1) is 21.7. The molecule has 1 unspecified atom stereocenters. The quantitative estimate of drug-likeness (QED) is 0.545. The molecule has 0 spiro atoms. The number of carbonyl (C=O) groups excluding carboxylic acids is 1. The average Bonchev–Trinajstić information content (AvgIpc) is 3.47. The van der Waals surface area contributed by atoms with Gasteiger partial charge in [-0.15, -0.1) is 11.3 Å². The Bertz CT molecular complexity index is 1110. The summed E-state index contributed by atoms with van der Waals surface area (Å²) in [7, 11) is 0. The molecule has 2 N–H and O–H groups in total. The van der Waals surface area contributed by atoms with Crippen LogP contribution in [0.3, 0.4) is 0 Å². The van der Waals surface area contributed by atoms with E-state index < -0.39 is 0 Å². The van der Waals surface area contributed by atoms with E-state index in [9.17, 15) is 9.59 Å². The maximum atomic E-state index is 13.6. The Balaban J connectivity index is 1.79. The number of rotatable bonds is 9. The van der Waals surface area contributed by atoms with Crippen LogP contribution in [0.2, 0.25) is 0 Å². The summed E-state index contributed by atoms with van der Waals surface area (Å²) in [5, 5.41) is 1.91. The van der Waals surface area contributed by atoms with Crippen molar-refractivity contribution >= 4 is 27.5 Å². The minimum atomic E-state index is -0.281. The molecular weight excluding hydrogens is 408 g/mol. The topological polar surface area (TPSA) is 81.2 Å². The number of amides is 1. The molecule has 0 radical (unpaired) electrons. The van der Waals surface area contributed by atoms with Gasteiger partial charge in [0.05, 0.1) is 11.6 Å². The van der Waals surface area contributed by atoms with Crippen molar-refractivity contribution in [2.75, 3.05) is 13.1 Å². The number of aromatic nitrogens is 2. The molecule has 4 rings (SSSR count). The number of carbonyl (C=O) groups is 1. The van der Waals surface area contributed by atoms with Gasteiger partial charge in [-0.05, 0) is 68.6 Å². The Hall–Kier alpha value is -2.51. The molecule has 31 heavy (non-hydrogen) atoms. The van der Waals surface area contributed by atoms with Gasteiger partial charge in [0.25, 0.3) is 11.5 Å². The van der Waals surface area contributed by atoms with Gasteiger partial charge in [0.2, 0.25) is 0 Å². The Kier molecular flexibility index (Phi) is 6.53. The predicted molar refractivity (Wildman–Crippen MR) is 126 cm³/mol. The molecule has 6 nitrogen and oxygen atoms in total. The van der Waals surface area contributed by atoms with Crippen molar-refractivity contribution in [3.63, 3.8) is 0 Å². The lowest BCUT2D eigenvalue weighted by Crippen LogP contribution is -2.40. The average molecular weight is 439 g/mol. The zero-order valence-corrected chi connectivity index (χ0v) is 19.0. The summed E-state index contributed by atoms with van der Waals surface area (Å²) < 4.78 is 2.53. The van der Waals surface area contributed by atoms with Crippen LogP contribution >= 0.6 is 11.3 Å². The molecule has 0 saturated heterocycles. The molecule has 164 valence electrons. The fraction of sp³-hybridized carbons (Fsp3) is 0.458. The fourth-order valence-electron chi connectivity index (χ4n) is 4.02. The molecule has 1 fully saturated rings. The van der Waals surface area contributed by atoms with Crippen molar-refractivity contribution in [1.29, 1.82) is 0 Å². The number of fused-ring (bicyclic) bond motifs is 1. The predicted octanol–water partition coefficient (Wildman–Crippen LogP) is 4.12. The second-order valence-corrected chi connectivity index (χ2v) is 9.31. The molecule has 7 heteroatoms. The molecule has 1 saturated carbocycles. The van der Waals surface area contributed by atoms with Crippen LogP contribution in [0.4, 0.5) is 0 Å². The highest BCUT2D eigenvalue weighted by Gasteiger charge is 2.31. The summed E-state index contributed by atoms with van der Waals surface area (Å²) in [5.74, 6) is 1.18. The second kappa shape index (κ2) is 9.32. The first-order valence-corrected chi connectivity index (χ1v) is 12.0. The molecule has 0 bridgehead atoms. The van der Waals surface area contributed by atoms with E-state index in [1.807, 2.05) is 59.0 Å². The first-order valence-electron chi connectivity index (χ1n) is 11.1. The van der Waals surface area contributed by atoms with Crippen LogP contribution in [-0.2, 0) is 6.54 Å². The standard InChI is InChI=1S/C24H30N4O2S/c1-3-20(27(13-4-12-25)23(29)18-9-5-16(2)6-10-18)22-26-19-11-14-31-21(19)24(30)28(22)15-17-7-8-17/h5-6,9-11,14,17,20H,3-4,7-8,12-13,15,25H2,1-2H3. The van der Waals surface area contributed by atoms with E-state index in [-0.39, 0.29) is 17.5 Å². The van der Waals surface area contributed by atoms with E-state index in [0.717, 1.165) is 23.9 Å². The number of hydrogen-bond acceptors (Lipinski definition) is 5. The summed E-state index contributed by atoms with van der Waals surface area (Å²) >= 11 is 1.44. The smallest absolute Gasteiger partial charge is 0.271 e. The van der Waals surface area contributed by atoms with Crippen molar-refractivity contribution in [3.8, 4) is 0 Å². The summed E-state index contributed by atoms with van der Waals surface area (Å²) in [4.78, 5) is 33.6. The number of nitrogens with two attached hydrogens (primary N) is 1. The van der Waals surface area contributed by atoms with E-state index in [0.29, 0.717) is 54.5 Å². The first-order chi connectivity index (χ1) is 15.0. The van der Waals surface area contributed by atoms with Crippen LogP contribution in [0.25, 0.3) is 10.2 Å². The van der Waals surface area contributed by atoms with Crippen LogP contribution in [0.1, 0.15) is 60.4 Å². The monoisotopic (exact) mass is 438 g/mol. The lowest BCUT2D eigenvalue weighted by atomic mass is 10.1. The molecule has 2 heterocycles.